The van der Waals surface area contributed by atoms with Crippen molar-refractivity contribution in [3.63, 3.8) is 0 Å². The number of amides is 2. The summed E-state index contributed by atoms with van der Waals surface area (Å²) < 4.78 is 0. The van der Waals surface area contributed by atoms with Gasteiger partial charge in [0.1, 0.15) is 0 Å². The Labute approximate surface area is 179 Å². The normalized spacial score (nSPS) is 28.6. The Morgan fingerprint density at radius 2 is 2.00 bits per heavy atom. The highest BCUT2D eigenvalue weighted by Gasteiger charge is 2.49. The van der Waals surface area contributed by atoms with Crippen LogP contribution in [0.25, 0.3) is 0 Å². The predicted octanol–water partition coefficient (Wildman–Crippen LogP) is 2.87. The zero-order valence-corrected chi connectivity index (χ0v) is 18.2. The number of carbonyl (C=O) groups excluding carboxylic acids is 2. The molecule has 30 heavy (non-hydrogen) atoms. The smallest absolute Gasteiger partial charge is 0.251 e. The maximum Gasteiger partial charge on any atom is 0.251 e. The van der Waals surface area contributed by atoms with Gasteiger partial charge in [0, 0.05) is 56.6 Å². The van der Waals surface area contributed by atoms with Gasteiger partial charge in [-0.15, -0.1) is 0 Å². The Kier molecular flexibility index (Phi) is 6.52. The summed E-state index contributed by atoms with van der Waals surface area (Å²) in [6, 6.07) is 3.88. The van der Waals surface area contributed by atoms with Crippen molar-refractivity contribution in [1.82, 2.24) is 20.1 Å². The lowest BCUT2D eigenvalue weighted by Gasteiger charge is -2.56. The van der Waals surface area contributed by atoms with E-state index < -0.39 is 0 Å². The van der Waals surface area contributed by atoms with Crippen LogP contribution in [0.1, 0.15) is 56.3 Å². The molecular formula is C24H34N4O2. The fourth-order valence-corrected chi connectivity index (χ4v) is 5.66. The van der Waals surface area contributed by atoms with Crippen molar-refractivity contribution in [1.29, 1.82) is 0 Å². The van der Waals surface area contributed by atoms with Crippen molar-refractivity contribution in [2.24, 2.45) is 11.8 Å². The number of piperidine rings is 3. The highest BCUT2D eigenvalue weighted by atomic mass is 16.2. The summed E-state index contributed by atoms with van der Waals surface area (Å²) >= 11 is 0. The third-order valence-electron chi connectivity index (χ3n) is 6.98. The number of aromatic nitrogens is 1. The number of carbonyl (C=O) groups is 2. The first-order valence-corrected chi connectivity index (χ1v) is 11.4. The van der Waals surface area contributed by atoms with Crippen LogP contribution in [0, 0.1) is 11.8 Å². The molecule has 2 bridgehead atoms. The molecule has 1 N–H and O–H groups in total. The van der Waals surface area contributed by atoms with Crippen LogP contribution in [0.3, 0.4) is 0 Å². The molecule has 0 saturated carbocycles. The van der Waals surface area contributed by atoms with Crippen molar-refractivity contribution in [3.05, 3.63) is 41.7 Å². The summed E-state index contributed by atoms with van der Waals surface area (Å²) in [6.07, 6.45) is 10.6. The Hall–Kier alpha value is -2.21. The lowest BCUT2D eigenvalue weighted by Crippen LogP contribution is -2.67. The van der Waals surface area contributed by atoms with Gasteiger partial charge in [-0.05, 0) is 63.5 Å². The third-order valence-corrected chi connectivity index (χ3v) is 6.98. The zero-order chi connectivity index (χ0) is 21.1. The quantitative estimate of drug-likeness (QED) is 0.733. The molecule has 3 aliphatic heterocycles. The van der Waals surface area contributed by atoms with E-state index in [-0.39, 0.29) is 17.9 Å². The second-order valence-corrected chi connectivity index (χ2v) is 9.36. The first-order valence-electron chi connectivity index (χ1n) is 11.4. The SMILES string of the molecule is CC(C)=CCCN1C[C@H]2C[C@@H](C1)[C@H](CNC(=O)c1ccncc1)N1C(=O)CCC[C@@H]21. The van der Waals surface area contributed by atoms with Crippen molar-refractivity contribution >= 4 is 11.8 Å². The first kappa shape index (κ1) is 21.0. The number of rotatable bonds is 6. The molecule has 2 amide bonds. The summed E-state index contributed by atoms with van der Waals surface area (Å²) in [5, 5.41) is 3.11. The number of hydrogen-bond acceptors (Lipinski definition) is 4. The predicted molar refractivity (Wildman–Crippen MR) is 117 cm³/mol. The number of fused-ring (bicyclic) bond motifs is 4. The van der Waals surface area contributed by atoms with E-state index in [2.05, 4.69) is 40.0 Å². The topological polar surface area (TPSA) is 65.5 Å². The monoisotopic (exact) mass is 410 g/mol. The molecule has 1 aromatic rings. The molecule has 4 atom stereocenters. The second kappa shape index (κ2) is 9.29. The molecule has 0 aliphatic carbocycles. The van der Waals surface area contributed by atoms with Crippen LogP contribution in [0.2, 0.25) is 0 Å². The molecule has 0 unspecified atom stereocenters. The van der Waals surface area contributed by atoms with Crippen LogP contribution < -0.4 is 5.32 Å². The summed E-state index contributed by atoms with van der Waals surface area (Å²) in [6.45, 7) is 8.02. The highest BCUT2D eigenvalue weighted by molar-refractivity contribution is 5.94. The van der Waals surface area contributed by atoms with Crippen LogP contribution in [0.5, 0.6) is 0 Å². The van der Waals surface area contributed by atoms with Crippen LogP contribution in [0.4, 0.5) is 0 Å². The van der Waals surface area contributed by atoms with Crippen LogP contribution in [-0.4, -0.2) is 64.9 Å². The van der Waals surface area contributed by atoms with E-state index in [0.29, 0.717) is 36.4 Å². The van der Waals surface area contributed by atoms with Gasteiger partial charge in [-0.1, -0.05) is 11.6 Å². The maximum atomic E-state index is 12.9. The van der Waals surface area contributed by atoms with Gasteiger partial charge >= 0.3 is 0 Å². The largest absolute Gasteiger partial charge is 0.350 e. The van der Waals surface area contributed by atoms with E-state index >= 15 is 0 Å². The molecule has 0 aromatic carbocycles. The Morgan fingerprint density at radius 3 is 2.77 bits per heavy atom. The van der Waals surface area contributed by atoms with E-state index in [4.69, 9.17) is 0 Å². The molecule has 1 aromatic heterocycles. The molecule has 0 spiro atoms. The van der Waals surface area contributed by atoms with Gasteiger partial charge in [0.15, 0.2) is 0 Å². The highest BCUT2D eigenvalue weighted by Crippen LogP contribution is 2.41. The Morgan fingerprint density at radius 1 is 1.23 bits per heavy atom. The Bertz CT molecular complexity index is 790. The number of nitrogens with zero attached hydrogens (tertiary/aromatic N) is 3. The molecule has 162 valence electrons. The summed E-state index contributed by atoms with van der Waals surface area (Å²) in [5.74, 6) is 1.18. The van der Waals surface area contributed by atoms with Gasteiger partial charge in [-0.25, -0.2) is 0 Å². The average molecular weight is 411 g/mol. The van der Waals surface area contributed by atoms with Crippen molar-refractivity contribution < 1.29 is 9.59 Å². The van der Waals surface area contributed by atoms with Crippen LogP contribution in [0.15, 0.2) is 36.2 Å². The van der Waals surface area contributed by atoms with E-state index in [9.17, 15) is 9.59 Å². The van der Waals surface area contributed by atoms with Crippen LogP contribution >= 0.6 is 0 Å². The summed E-state index contributed by atoms with van der Waals surface area (Å²) in [7, 11) is 0. The van der Waals surface area contributed by atoms with Gasteiger partial charge in [0.25, 0.3) is 5.91 Å². The molecule has 6 heteroatoms. The van der Waals surface area contributed by atoms with Crippen LogP contribution in [-0.2, 0) is 4.79 Å². The van der Waals surface area contributed by atoms with Gasteiger partial charge in [0.2, 0.25) is 5.91 Å². The number of hydrogen-bond donors (Lipinski definition) is 1. The fraction of sp³-hybridized carbons (Fsp3) is 0.625. The Balaban J connectivity index is 1.47. The van der Waals surface area contributed by atoms with Gasteiger partial charge < -0.3 is 15.1 Å². The minimum absolute atomic E-state index is 0.0863. The molecule has 3 fully saturated rings. The maximum absolute atomic E-state index is 12.9. The number of likely N-dealkylation sites (tertiary alicyclic amines) is 1. The standard InChI is InChI=1S/C24H34N4O2/c1-17(2)5-4-12-27-15-19-13-20(16-27)22(28-21(19)6-3-7-23(28)29)14-26-24(30)18-8-10-25-11-9-18/h5,8-11,19-22H,3-4,6-7,12-16H2,1-2H3,(H,26,30)/t19-,20+,21+,22+/m1/s1. The van der Waals surface area contributed by atoms with E-state index in [1.54, 1.807) is 24.5 Å². The van der Waals surface area contributed by atoms with E-state index in [1.165, 1.54) is 12.0 Å². The van der Waals surface area contributed by atoms with Gasteiger partial charge in [-0.3, -0.25) is 14.6 Å². The number of allylic oxidation sites excluding steroid dienone is 1. The molecular weight excluding hydrogens is 376 g/mol. The molecule has 4 heterocycles. The lowest BCUT2D eigenvalue weighted by molar-refractivity contribution is -0.152. The zero-order valence-electron chi connectivity index (χ0n) is 18.2. The summed E-state index contributed by atoms with van der Waals surface area (Å²) in [4.78, 5) is 34.3. The molecule has 3 aliphatic rings. The second-order valence-electron chi connectivity index (χ2n) is 9.36. The minimum Gasteiger partial charge on any atom is -0.350 e. The summed E-state index contributed by atoms with van der Waals surface area (Å²) in [5.41, 5.74) is 1.99. The van der Waals surface area contributed by atoms with Gasteiger partial charge in [-0.2, -0.15) is 0 Å². The van der Waals surface area contributed by atoms with Gasteiger partial charge in [0.05, 0.1) is 6.04 Å². The lowest BCUT2D eigenvalue weighted by atomic mass is 9.72. The minimum atomic E-state index is -0.0863. The number of pyridine rings is 1. The van der Waals surface area contributed by atoms with E-state index in [0.717, 1.165) is 38.9 Å². The van der Waals surface area contributed by atoms with Crippen molar-refractivity contribution in [3.8, 4) is 0 Å². The average Bonchev–Trinajstić information content (AvgIpc) is 2.74. The molecule has 4 rings (SSSR count). The third kappa shape index (κ3) is 4.59. The fourth-order valence-electron chi connectivity index (χ4n) is 5.66. The van der Waals surface area contributed by atoms with Crippen molar-refractivity contribution in [2.45, 2.75) is 58.0 Å². The molecule has 3 saturated heterocycles. The molecule has 0 radical (unpaired) electrons. The first-order chi connectivity index (χ1) is 14.5. The molecule has 6 nitrogen and oxygen atoms in total. The number of nitrogens with one attached hydrogen (secondary N) is 1. The van der Waals surface area contributed by atoms with Crippen molar-refractivity contribution in [2.75, 3.05) is 26.2 Å². The van der Waals surface area contributed by atoms with E-state index in [1.807, 2.05) is 0 Å².